The molecule has 0 aliphatic carbocycles. The normalized spacial score (nSPS) is 30.8. The van der Waals surface area contributed by atoms with Gasteiger partial charge in [0.1, 0.15) is 0 Å². The maximum absolute atomic E-state index is 12.8. The van der Waals surface area contributed by atoms with Crippen LogP contribution in [0.5, 0.6) is 11.5 Å². The molecule has 2 unspecified atom stereocenters. The molecule has 4 heteroatoms. The van der Waals surface area contributed by atoms with Crippen molar-refractivity contribution in [3.8, 4) is 11.5 Å². The standard InChI is InChI=1S/C17H21NO3/c19-17(12-8-13-3-4-14(9-12)18-13)11-2-5-15-16(10-11)21-7-1-6-20-15/h2,5,10,12-14,18H,1,3-4,6-9H2. The molecular weight excluding hydrogens is 266 g/mol. The van der Waals surface area contributed by atoms with Crippen molar-refractivity contribution >= 4 is 5.78 Å². The minimum atomic E-state index is 0.161. The van der Waals surface area contributed by atoms with Crippen LogP contribution in [0.1, 0.15) is 42.5 Å². The molecule has 2 saturated heterocycles. The van der Waals surface area contributed by atoms with Crippen LogP contribution in [0.15, 0.2) is 18.2 Å². The summed E-state index contributed by atoms with van der Waals surface area (Å²) in [5.41, 5.74) is 0.769. The monoisotopic (exact) mass is 287 g/mol. The van der Waals surface area contributed by atoms with E-state index in [0.717, 1.165) is 36.3 Å². The highest BCUT2D eigenvalue weighted by atomic mass is 16.5. The van der Waals surface area contributed by atoms with Gasteiger partial charge >= 0.3 is 0 Å². The summed E-state index contributed by atoms with van der Waals surface area (Å²) >= 11 is 0. The Morgan fingerprint density at radius 1 is 1.05 bits per heavy atom. The number of fused-ring (bicyclic) bond motifs is 3. The van der Waals surface area contributed by atoms with Crippen molar-refractivity contribution in [1.29, 1.82) is 0 Å². The highest BCUT2D eigenvalue weighted by Gasteiger charge is 2.37. The first-order valence-electron chi connectivity index (χ1n) is 7.99. The van der Waals surface area contributed by atoms with Gasteiger partial charge in [0, 0.05) is 30.0 Å². The van der Waals surface area contributed by atoms with Gasteiger partial charge in [-0.15, -0.1) is 0 Å². The van der Waals surface area contributed by atoms with Gasteiger partial charge in [-0.1, -0.05) is 0 Å². The van der Waals surface area contributed by atoms with Crippen molar-refractivity contribution in [2.75, 3.05) is 13.2 Å². The van der Waals surface area contributed by atoms with Crippen LogP contribution in [0.3, 0.4) is 0 Å². The average Bonchev–Trinajstić information content (AvgIpc) is 2.73. The van der Waals surface area contributed by atoms with Crippen molar-refractivity contribution in [2.24, 2.45) is 5.92 Å². The third-order valence-electron chi connectivity index (χ3n) is 4.88. The number of nitrogens with one attached hydrogen (secondary N) is 1. The summed E-state index contributed by atoms with van der Waals surface area (Å²) in [5, 5.41) is 3.59. The number of carbonyl (C=O) groups excluding carboxylic acids is 1. The second-order valence-electron chi connectivity index (χ2n) is 6.38. The smallest absolute Gasteiger partial charge is 0.166 e. The Kier molecular flexibility index (Phi) is 3.34. The molecule has 2 atom stereocenters. The molecule has 1 N–H and O–H groups in total. The molecule has 3 aliphatic rings. The van der Waals surface area contributed by atoms with Crippen molar-refractivity contribution in [3.05, 3.63) is 23.8 Å². The molecule has 21 heavy (non-hydrogen) atoms. The Balaban J connectivity index is 1.55. The predicted octanol–water partition coefficient (Wildman–Crippen LogP) is 2.56. The third kappa shape index (κ3) is 2.53. The molecule has 1 aromatic carbocycles. The van der Waals surface area contributed by atoms with E-state index in [2.05, 4.69) is 5.32 Å². The van der Waals surface area contributed by atoms with E-state index >= 15 is 0 Å². The molecule has 0 aromatic heterocycles. The fourth-order valence-electron chi connectivity index (χ4n) is 3.82. The van der Waals surface area contributed by atoms with E-state index in [1.165, 1.54) is 12.8 Å². The van der Waals surface area contributed by atoms with E-state index in [1.807, 2.05) is 18.2 Å². The first-order chi connectivity index (χ1) is 10.3. The summed E-state index contributed by atoms with van der Waals surface area (Å²) in [5.74, 6) is 1.90. The molecule has 3 aliphatic heterocycles. The minimum absolute atomic E-state index is 0.161. The van der Waals surface area contributed by atoms with Crippen LogP contribution in [0, 0.1) is 5.92 Å². The molecule has 2 bridgehead atoms. The zero-order valence-corrected chi connectivity index (χ0v) is 12.1. The number of hydrogen-bond donors (Lipinski definition) is 1. The van der Waals surface area contributed by atoms with E-state index in [-0.39, 0.29) is 11.7 Å². The van der Waals surface area contributed by atoms with Crippen LogP contribution in [-0.2, 0) is 0 Å². The number of benzene rings is 1. The van der Waals surface area contributed by atoms with Gasteiger partial charge in [0.2, 0.25) is 0 Å². The molecule has 3 heterocycles. The second-order valence-corrected chi connectivity index (χ2v) is 6.38. The number of carbonyl (C=O) groups is 1. The lowest BCUT2D eigenvalue weighted by molar-refractivity contribution is 0.0875. The number of rotatable bonds is 2. The van der Waals surface area contributed by atoms with Crippen LogP contribution in [0.2, 0.25) is 0 Å². The Morgan fingerprint density at radius 2 is 1.76 bits per heavy atom. The zero-order valence-electron chi connectivity index (χ0n) is 12.1. The summed E-state index contributed by atoms with van der Waals surface area (Å²) in [4.78, 5) is 12.8. The summed E-state index contributed by atoms with van der Waals surface area (Å²) < 4.78 is 11.3. The largest absolute Gasteiger partial charge is 0.490 e. The summed E-state index contributed by atoms with van der Waals surface area (Å²) in [6.07, 6.45) is 5.27. The zero-order chi connectivity index (χ0) is 14.2. The molecule has 2 fully saturated rings. The minimum Gasteiger partial charge on any atom is -0.490 e. The van der Waals surface area contributed by atoms with E-state index in [1.54, 1.807) is 0 Å². The summed E-state index contributed by atoms with van der Waals surface area (Å²) in [6.45, 7) is 1.33. The lowest BCUT2D eigenvalue weighted by Crippen LogP contribution is -2.40. The van der Waals surface area contributed by atoms with Crippen molar-refractivity contribution in [2.45, 2.75) is 44.2 Å². The van der Waals surface area contributed by atoms with Gasteiger partial charge < -0.3 is 14.8 Å². The van der Waals surface area contributed by atoms with Gasteiger partial charge in [-0.3, -0.25) is 4.79 Å². The maximum atomic E-state index is 12.8. The fourth-order valence-corrected chi connectivity index (χ4v) is 3.82. The average molecular weight is 287 g/mol. The van der Waals surface area contributed by atoms with Crippen molar-refractivity contribution < 1.29 is 14.3 Å². The Labute approximate surface area is 124 Å². The van der Waals surface area contributed by atoms with Crippen LogP contribution < -0.4 is 14.8 Å². The van der Waals surface area contributed by atoms with Crippen molar-refractivity contribution in [1.82, 2.24) is 5.32 Å². The van der Waals surface area contributed by atoms with E-state index in [4.69, 9.17) is 9.47 Å². The van der Waals surface area contributed by atoms with E-state index < -0.39 is 0 Å². The SMILES string of the molecule is O=C(c1ccc2c(c1)OCCCO2)C1CC2CCC(C1)N2. The lowest BCUT2D eigenvalue weighted by Gasteiger charge is -2.28. The molecule has 0 saturated carbocycles. The molecular formula is C17H21NO3. The van der Waals surface area contributed by atoms with Gasteiger partial charge in [0.25, 0.3) is 0 Å². The number of Topliss-reactive ketones (excluding diaryl/α,β-unsaturated/α-hetero) is 1. The Hall–Kier alpha value is -1.55. The van der Waals surface area contributed by atoms with Crippen molar-refractivity contribution in [3.63, 3.8) is 0 Å². The first kappa shape index (κ1) is 13.1. The Bertz CT molecular complexity index is 545. The van der Waals surface area contributed by atoms with Crippen LogP contribution in [0.4, 0.5) is 0 Å². The highest BCUT2D eigenvalue weighted by Crippen LogP contribution is 2.35. The lowest BCUT2D eigenvalue weighted by atomic mass is 9.86. The van der Waals surface area contributed by atoms with Gasteiger partial charge in [0.15, 0.2) is 17.3 Å². The van der Waals surface area contributed by atoms with Gasteiger partial charge in [-0.05, 0) is 43.9 Å². The molecule has 0 spiro atoms. The highest BCUT2D eigenvalue weighted by molar-refractivity contribution is 5.98. The molecule has 112 valence electrons. The summed E-state index contributed by atoms with van der Waals surface area (Å²) in [6, 6.07) is 6.72. The van der Waals surface area contributed by atoms with Crippen LogP contribution >= 0.6 is 0 Å². The fraction of sp³-hybridized carbons (Fsp3) is 0.588. The second kappa shape index (κ2) is 5.34. The first-order valence-corrected chi connectivity index (χ1v) is 7.99. The van der Waals surface area contributed by atoms with Crippen LogP contribution in [0.25, 0.3) is 0 Å². The number of ether oxygens (including phenoxy) is 2. The summed E-state index contributed by atoms with van der Waals surface area (Å²) in [7, 11) is 0. The molecule has 0 amide bonds. The van der Waals surface area contributed by atoms with Gasteiger partial charge in [-0.25, -0.2) is 0 Å². The molecule has 1 aromatic rings. The van der Waals surface area contributed by atoms with E-state index in [9.17, 15) is 4.79 Å². The van der Waals surface area contributed by atoms with Gasteiger partial charge in [-0.2, -0.15) is 0 Å². The molecule has 0 radical (unpaired) electrons. The quantitative estimate of drug-likeness (QED) is 0.849. The number of piperidine rings is 1. The topological polar surface area (TPSA) is 47.6 Å². The molecule has 4 rings (SSSR count). The Morgan fingerprint density at radius 3 is 2.52 bits per heavy atom. The van der Waals surface area contributed by atoms with E-state index in [0.29, 0.717) is 25.3 Å². The number of ketones is 1. The maximum Gasteiger partial charge on any atom is 0.166 e. The number of hydrogen-bond acceptors (Lipinski definition) is 4. The predicted molar refractivity (Wildman–Crippen MR) is 79.0 cm³/mol. The molecule has 4 nitrogen and oxygen atoms in total. The third-order valence-corrected chi connectivity index (χ3v) is 4.88. The van der Waals surface area contributed by atoms with Gasteiger partial charge in [0.05, 0.1) is 13.2 Å². The van der Waals surface area contributed by atoms with Crippen LogP contribution in [-0.4, -0.2) is 31.1 Å².